The molecule has 0 aliphatic carbocycles. The van der Waals surface area contributed by atoms with Gasteiger partial charge in [0.05, 0.1) is 12.5 Å². The molecule has 5 nitrogen and oxygen atoms in total. The highest BCUT2D eigenvalue weighted by molar-refractivity contribution is 5.93. The molecule has 5 heteroatoms. The molecule has 0 atom stereocenters. The van der Waals surface area contributed by atoms with Crippen LogP contribution in [0, 0.1) is 11.3 Å². The minimum absolute atomic E-state index is 0.0938. The predicted octanol–water partition coefficient (Wildman–Crippen LogP) is 1.91. The second-order valence-corrected chi connectivity index (χ2v) is 3.87. The van der Waals surface area contributed by atoms with Crippen molar-refractivity contribution in [1.82, 2.24) is 4.98 Å². The fourth-order valence-electron chi connectivity index (χ4n) is 1.57. The summed E-state index contributed by atoms with van der Waals surface area (Å²) in [5, 5.41) is 17.7. The van der Waals surface area contributed by atoms with Crippen LogP contribution in [0.3, 0.4) is 0 Å². The van der Waals surface area contributed by atoms with E-state index in [9.17, 15) is 4.79 Å². The second-order valence-electron chi connectivity index (χ2n) is 3.87. The number of anilines is 1. The van der Waals surface area contributed by atoms with Crippen LogP contribution in [-0.2, 0) is 0 Å². The number of hydrogen-bond donors (Lipinski definition) is 1. The number of pyridine rings is 1. The molecule has 0 radical (unpaired) electrons. The van der Waals surface area contributed by atoms with E-state index in [1.807, 2.05) is 18.7 Å². The van der Waals surface area contributed by atoms with Crippen LogP contribution in [0.2, 0.25) is 0 Å². The van der Waals surface area contributed by atoms with E-state index in [1.54, 1.807) is 12.3 Å². The zero-order valence-corrected chi connectivity index (χ0v) is 9.92. The maximum atomic E-state index is 11.1. The molecule has 0 spiro atoms. The standard InChI is InChI=1S/C12H15N3O2/c1-9(2)15(8-4-6-13)11-10(12(16)17)5-3-7-14-11/h3,5,7,9H,4,8H2,1-2H3,(H,16,17). The fourth-order valence-corrected chi connectivity index (χ4v) is 1.57. The molecule has 1 N–H and O–H groups in total. The van der Waals surface area contributed by atoms with Gasteiger partial charge >= 0.3 is 5.97 Å². The lowest BCUT2D eigenvalue weighted by atomic mass is 10.2. The van der Waals surface area contributed by atoms with Crippen LogP contribution in [-0.4, -0.2) is 28.6 Å². The normalized spacial score (nSPS) is 10.0. The number of nitrogens with zero attached hydrogens (tertiary/aromatic N) is 3. The van der Waals surface area contributed by atoms with Gasteiger partial charge in [-0.1, -0.05) is 0 Å². The van der Waals surface area contributed by atoms with Gasteiger partial charge in [-0.3, -0.25) is 0 Å². The van der Waals surface area contributed by atoms with Gasteiger partial charge in [0.15, 0.2) is 0 Å². The Morgan fingerprint density at radius 2 is 2.35 bits per heavy atom. The van der Waals surface area contributed by atoms with Gasteiger partial charge in [0, 0.05) is 18.8 Å². The lowest BCUT2D eigenvalue weighted by Gasteiger charge is -2.27. The van der Waals surface area contributed by atoms with Gasteiger partial charge in [-0.05, 0) is 26.0 Å². The minimum Gasteiger partial charge on any atom is -0.478 e. The van der Waals surface area contributed by atoms with Crippen molar-refractivity contribution in [2.75, 3.05) is 11.4 Å². The molecule has 0 fully saturated rings. The lowest BCUT2D eigenvalue weighted by molar-refractivity contribution is 0.0697. The minimum atomic E-state index is -1.00. The Hall–Kier alpha value is -2.09. The molecule has 1 aromatic heterocycles. The van der Waals surface area contributed by atoms with Crippen LogP contribution >= 0.6 is 0 Å². The summed E-state index contributed by atoms with van der Waals surface area (Å²) in [6, 6.07) is 5.26. The van der Waals surface area contributed by atoms with Gasteiger partial charge in [-0.25, -0.2) is 9.78 Å². The Bertz CT molecular complexity index is 438. The molecule has 0 amide bonds. The maximum Gasteiger partial charge on any atom is 0.339 e. The third kappa shape index (κ3) is 3.18. The number of carbonyl (C=O) groups is 1. The number of rotatable bonds is 5. The van der Waals surface area contributed by atoms with Crippen molar-refractivity contribution in [3.8, 4) is 6.07 Å². The van der Waals surface area contributed by atoms with Crippen molar-refractivity contribution >= 4 is 11.8 Å². The highest BCUT2D eigenvalue weighted by Gasteiger charge is 2.18. The molecule has 90 valence electrons. The van der Waals surface area contributed by atoms with Gasteiger partial charge in [0.1, 0.15) is 11.4 Å². The van der Waals surface area contributed by atoms with E-state index in [0.29, 0.717) is 18.8 Å². The zero-order valence-electron chi connectivity index (χ0n) is 9.92. The Kier molecular flexibility index (Phi) is 4.46. The first-order valence-corrected chi connectivity index (χ1v) is 5.39. The van der Waals surface area contributed by atoms with Crippen LogP contribution in [0.25, 0.3) is 0 Å². The summed E-state index contributed by atoms with van der Waals surface area (Å²) >= 11 is 0. The van der Waals surface area contributed by atoms with E-state index in [2.05, 4.69) is 11.1 Å². The van der Waals surface area contributed by atoms with Crippen LogP contribution in [0.4, 0.5) is 5.82 Å². The lowest BCUT2D eigenvalue weighted by Crippen LogP contribution is -2.33. The monoisotopic (exact) mass is 233 g/mol. The summed E-state index contributed by atoms with van der Waals surface area (Å²) in [6.07, 6.45) is 1.90. The second kappa shape index (κ2) is 5.85. The Morgan fingerprint density at radius 1 is 1.65 bits per heavy atom. The number of aromatic nitrogens is 1. The van der Waals surface area contributed by atoms with Crippen molar-refractivity contribution in [3.63, 3.8) is 0 Å². The van der Waals surface area contributed by atoms with E-state index in [1.165, 1.54) is 6.07 Å². The molecular weight excluding hydrogens is 218 g/mol. The van der Waals surface area contributed by atoms with E-state index in [-0.39, 0.29) is 11.6 Å². The van der Waals surface area contributed by atoms with E-state index in [0.717, 1.165) is 0 Å². The Morgan fingerprint density at radius 3 is 2.88 bits per heavy atom. The van der Waals surface area contributed by atoms with E-state index >= 15 is 0 Å². The van der Waals surface area contributed by atoms with Crippen LogP contribution in [0.5, 0.6) is 0 Å². The number of carboxylic acids is 1. The predicted molar refractivity (Wildman–Crippen MR) is 63.9 cm³/mol. The summed E-state index contributed by atoms with van der Waals surface area (Å²) < 4.78 is 0. The largest absolute Gasteiger partial charge is 0.478 e. The molecule has 0 saturated carbocycles. The maximum absolute atomic E-state index is 11.1. The number of carboxylic acid groups (broad SMARTS) is 1. The van der Waals surface area contributed by atoms with Gasteiger partial charge < -0.3 is 10.0 Å². The molecular formula is C12H15N3O2. The molecule has 0 aliphatic heterocycles. The average molecular weight is 233 g/mol. The molecule has 1 rings (SSSR count). The molecule has 1 heterocycles. The van der Waals surface area contributed by atoms with E-state index in [4.69, 9.17) is 10.4 Å². The van der Waals surface area contributed by atoms with Gasteiger partial charge in [0.25, 0.3) is 0 Å². The zero-order chi connectivity index (χ0) is 12.8. The number of aromatic carboxylic acids is 1. The van der Waals surface area contributed by atoms with Gasteiger partial charge in [-0.15, -0.1) is 0 Å². The van der Waals surface area contributed by atoms with Gasteiger partial charge in [-0.2, -0.15) is 5.26 Å². The van der Waals surface area contributed by atoms with Crippen molar-refractivity contribution in [1.29, 1.82) is 5.26 Å². The summed E-state index contributed by atoms with van der Waals surface area (Å²) in [5.74, 6) is -0.582. The van der Waals surface area contributed by atoms with Crippen molar-refractivity contribution < 1.29 is 9.90 Å². The summed E-state index contributed by atoms with van der Waals surface area (Å²) in [4.78, 5) is 17.0. The third-order valence-electron chi connectivity index (χ3n) is 2.38. The molecule has 0 aromatic carbocycles. The average Bonchev–Trinajstić information content (AvgIpc) is 2.29. The fraction of sp³-hybridized carbons (Fsp3) is 0.417. The van der Waals surface area contributed by atoms with Crippen molar-refractivity contribution in [2.24, 2.45) is 0 Å². The summed E-state index contributed by atoms with van der Waals surface area (Å²) in [6.45, 7) is 4.36. The molecule has 0 unspecified atom stereocenters. The quantitative estimate of drug-likeness (QED) is 0.840. The Balaban J connectivity index is 3.10. The summed E-state index contributed by atoms with van der Waals surface area (Å²) in [7, 11) is 0. The highest BCUT2D eigenvalue weighted by atomic mass is 16.4. The molecule has 0 aliphatic rings. The highest BCUT2D eigenvalue weighted by Crippen LogP contribution is 2.19. The molecule has 0 saturated heterocycles. The first-order valence-electron chi connectivity index (χ1n) is 5.39. The SMILES string of the molecule is CC(C)N(CCC#N)c1ncccc1C(=O)O. The third-order valence-corrected chi connectivity index (χ3v) is 2.38. The van der Waals surface area contributed by atoms with Crippen LogP contribution in [0.15, 0.2) is 18.3 Å². The molecule has 1 aromatic rings. The number of hydrogen-bond acceptors (Lipinski definition) is 4. The van der Waals surface area contributed by atoms with Crippen molar-refractivity contribution in [3.05, 3.63) is 23.9 Å². The van der Waals surface area contributed by atoms with Crippen LogP contribution in [0.1, 0.15) is 30.6 Å². The molecule has 17 heavy (non-hydrogen) atoms. The topological polar surface area (TPSA) is 77.2 Å². The van der Waals surface area contributed by atoms with Crippen molar-refractivity contribution in [2.45, 2.75) is 26.3 Å². The first-order chi connectivity index (χ1) is 8.07. The number of nitriles is 1. The van der Waals surface area contributed by atoms with Crippen LogP contribution < -0.4 is 4.90 Å². The smallest absolute Gasteiger partial charge is 0.339 e. The molecule has 0 bridgehead atoms. The van der Waals surface area contributed by atoms with Gasteiger partial charge in [0.2, 0.25) is 0 Å². The first kappa shape index (κ1) is 13.0. The van der Waals surface area contributed by atoms with E-state index < -0.39 is 5.97 Å². The summed E-state index contributed by atoms with van der Waals surface area (Å²) in [5.41, 5.74) is 0.166. The Labute approximate surface area is 100 Å².